The van der Waals surface area contributed by atoms with Crippen molar-refractivity contribution in [1.82, 2.24) is 14.8 Å². The van der Waals surface area contributed by atoms with Crippen LogP contribution in [0.25, 0.3) is 10.2 Å². The molecular weight excluding hydrogens is 349 g/mol. The van der Waals surface area contributed by atoms with E-state index < -0.39 is 0 Å². The van der Waals surface area contributed by atoms with Crippen LogP contribution in [-0.4, -0.2) is 46.9 Å². The molecule has 0 saturated carbocycles. The Balaban J connectivity index is 1.32. The first kappa shape index (κ1) is 17.1. The van der Waals surface area contributed by atoms with E-state index in [1.807, 2.05) is 23.1 Å². The molecule has 0 unspecified atom stereocenters. The number of para-hydroxylation sites is 1. The summed E-state index contributed by atoms with van der Waals surface area (Å²) in [6.07, 6.45) is 0.130. The van der Waals surface area contributed by atoms with Crippen LogP contribution < -0.4 is 0 Å². The number of hydrogen-bond acceptors (Lipinski definition) is 4. The summed E-state index contributed by atoms with van der Waals surface area (Å²) in [6.45, 7) is 3.81. The largest absolute Gasteiger partial charge is 0.340 e. The van der Waals surface area contributed by atoms with Crippen molar-refractivity contribution < 1.29 is 9.18 Å². The molecule has 1 aliphatic heterocycles. The fourth-order valence-corrected chi connectivity index (χ4v) is 4.26. The average Bonchev–Trinajstić information content (AvgIpc) is 3.06. The number of carbonyl (C=O) groups is 1. The topological polar surface area (TPSA) is 36.4 Å². The summed E-state index contributed by atoms with van der Waals surface area (Å²) in [7, 11) is 0. The number of benzene rings is 2. The molecule has 1 saturated heterocycles. The quantitative estimate of drug-likeness (QED) is 0.708. The van der Waals surface area contributed by atoms with Crippen molar-refractivity contribution in [2.75, 3.05) is 26.2 Å². The Morgan fingerprint density at radius 3 is 2.54 bits per heavy atom. The molecule has 6 heteroatoms. The number of piperazine rings is 1. The zero-order valence-electron chi connectivity index (χ0n) is 14.4. The van der Waals surface area contributed by atoms with Gasteiger partial charge in [0.05, 0.1) is 23.2 Å². The molecule has 1 amide bonds. The van der Waals surface area contributed by atoms with Crippen LogP contribution in [0.5, 0.6) is 0 Å². The Kier molecular flexibility index (Phi) is 4.95. The number of nitrogens with zero attached hydrogens (tertiary/aromatic N) is 3. The number of thiazole rings is 1. The van der Waals surface area contributed by atoms with Gasteiger partial charge in [-0.3, -0.25) is 9.69 Å². The molecule has 0 N–H and O–H groups in total. The number of rotatable bonds is 4. The second-order valence-electron chi connectivity index (χ2n) is 6.50. The molecule has 1 aliphatic rings. The summed E-state index contributed by atoms with van der Waals surface area (Å²) in [5.74, 6) is -0.315. The monoisotopic (exact) mass is 369 g/mol. The van der Waals surface area contributed by atoms with E-state index in [-0.39, 0.29) is 18.1 Å². The van der Waals surface area contributed by atoms with Crippen LogP contribution >= 0.6 is 11.3 Å². The summed E-state index contributed by atoms with van der Waals surface area (Å²) in [6, 6.07) is 14.7. The van der Waals surface area contributed by atoms with Gasteiger partial charge in [-0.25, -0.2) is 9.37 Å². The van der Waals surface area contributed by atoms with Crippen LogP contribution in [0.2, 0.25) is 0 Å². The Hall–Kier alpha value is -2.31. The van der Waals surface area contributed by atoms with E-state index in [9.17, 15) is 9.18 Å². The molecule has 0 bridgehead atoms. The first-order valence-electron chi connectivity index (χ1n) is 8.77. The van der Waals surface area contributed by atoms with Crippen molar-refractivity contribution in [2.24, 2.45) is 0 Å². The van der Waals surface area contributed by atoms with E-state index in [1.54, 1.807) is 29.5 Å². The molecule has 0 radical (unpaired) electrons. The third-order valence-electron chi connectivity index (χ3n) is 4.72. The van der Waals surface area contributed by atoms with E-state index in [0.29, 0.717) is 18.7 Å². The predicted octanol–water partition coefficient (Wildman–Crippen LogP) is 3.32. The van der Waals surface area contributed by atoms with Gasteiger partial charge in [0.1, 0.15) is 10.8 Å². The molecule has 4 rings (SSSR count). The van der Waals surface area contributed by atoms with Crippen LogP contribution in [0, 0.1) is 5.82 Å². The van der Waals surface area contributed by atoms with Crippen molar-refractivity contribution >= 4 is 27.5 Å². The predicted molar refractivity (Wildman–Crippen MR) is 102 cm³/mol. The molecular formula is C20H20FN3OS. The van der Waals surface area contributed by atoms with Gasteiger partial charge < -0.3 is 4.90 Å². The minimum absolute atomic E-state index is 0.00487. The van der Waals surface area contributed by atoms with Crippen LogP contribution in [0.4, 0.5) is 4.39 Å². The number of hydrogen-bond donors (Lipinski definition) is 0. The van der Waals surface area contributed by atoms with Crippen LogP contribution in [0.3, 0.4) is 0 Å². The number of amides is 1. The third-order valence-corrected chi connectivity index (χ3v) is 5.74. The Bertz CT molecular complexity index is 885. The Morgan fingerprint density at radius 2 is 1.77 bits per heavy atom. The zero-order valence-corrected chi connectivity index (χ0v) is 15.2. The van der Waals surface area contributed by atoms with Crippen LogP contribution in [0.15, 0.2) is 48.5 Å². The molecule has 0 spiro atoms. The number of aromatic nitrogens is 1. The fraction of sp³-hybridized carbons (Fsp3) is 0.300. The van der Waals surface area contributed by atoms with Gasteiger partial charge in [0.15, 0.2) is 0 Å². The first-order valence-corrected chi connectivity index (χ1v) is 9.59. The van der Waals surface area contributed by atoms with Gasteiger partial charge in [0.25, 0.3) is 0 Å². The first-order chi connectivity index (χ1) is 12.7. The maximum absolute atomic E-state index is 13.7. The van der Waals surface area contributed by atoms with Crippen molar-refractivity contribution in [3.8, 4) is 0 Å². The van der Waals surface area contributed by atoms with Gasteiger partial charge in [-0.15, -0.1) is 11.3 Å². The summed E-state index contributed by atoms with van der Waals surface area (Å²) < 4.78 is 14.9. The standard InChI is InChI=1S/C20H20FN3OS/c21-16-6-2-1-5-15(16)13-20(25)24-11-9-23(10-12-24)14-19-22-17-7-3-4-8-18(17)26-19/h1-8H,9-14H2. The highest BCUT2D eigenvalue weighted by atomic mass is 32.1. The third kappa shape index (κ3) is 3.76. The molecule has 2 heterocycles. The lowest BCUT2D eigenvalue weighted by Crippen LogP contribution is -2.48. The van der Waals surface area contributed by atoms with Crippen LogP contribution in [0.1, 0.15) is 10.6 Å². The number of fused-ring (bicyclic) bond motifs is 1. The summed E-state index contributed by atoms with van der Waals surface area (Å²) in [5, 5.41) is 1.11. The second-order valence-corrected chi connectivity index (χ2v) is 7.62. The minimum atomic E-state index is -0.310. The highest BCUT2D eigenvalue weighted by Crippen LogP contribution is 2.23. The molecule has 0 atom stereocenters. The maximum Gasteiger partial charge on any atom is 0.227 e. The Labute approximate surface area is 155 Å². The molecule has 4 nitrogen and oxygen atoms in total. The highest BCUT2D eigenvalue weighted by Gasteiger charge is 2.22. The summed E-state index contributed by atoms with van der Waals surface area (Å²) >= 11 is 1.73. The number of halogens is 1. The van der Waals surface area contributed by atoms with Gasteiger partial charge in [-0.05, 0) is 23.8 Å². The van der Waals surface area contributed by atoms with Crippen molar-refractivity contribution in [3.63, 3.8) is 0 Å². The number of carbonyl (C=O) groups excluding carboxylic acids is 1. The molecule has 134 valence electrons. The van der Waals surface area contributed by atoms with Crippen molar-refractivity contribution in [3.05, 3.63) is 64.9 Å². The lowest BCUT2D eigenvalue weighted by Gasteiger charge is -2.34. The fourth-order valence-electron chi connectivity index (χ4n) is 3.25. The van der Waals surface area contributed by atoms with E-state index in [2.05, 4.69) is 16.0 Å². The molecule has 1 aromatic heterocycles. The van der Waals surface area contributed by atoms with Gasteiger partial charge in [-0.2, -0.15) is 0 Å². The average molecular weight is 369 g/mol. The summed E-state index contributed by atoms with van der Waals surface area (Å²) in [4.78, 5) is 21.3. The van der Waals surface area contributed by atoms with Crippen LogP contribution in [-0.2, 0) is 17.8 Å². The normalized spacial score (nSPS) is 15.5. The molecule has 1 fully saturated rings. The lowest BCUT2D eigenvalue weighted by molar-refractivity contribution is -0.132. The minimum Gasteiger partial charge on any atom is -0.340 e. The van der Waals surface area contributed by atoms with Gasteiger partial charge in [0.2, 0.25) is 5.91 Å². The molecule has 3 aromatic rings. The van der Waals surface area contributed by atoms with Gasteiger partial charge in [0, 0.05) is 26.2 Å². The van der Waals surface area contributed by atoms with Gasteiger partial charge in [-0.1, -0.05) is 30.3 Å². The van der Waals surface area contributed by atoms with E-state index in [4.69, 9.17) is 0 Å². The summed E-state index contributed by atoms with van der Waals surface area (Å²) in [5.41, 5.74) is 1.51. The Morgan fingerprint density at radius 1 is 1.04 bits per heavy atom. The zero-order chi connectivity index (χ0) is 17.9. The highest BCUT2D eigenvalue weighted by molar-refractivity contribution is 7.18. The lowest BCUT2D eigenvalue weighted by atomic mass is 10.1. The van der Waals surface area contributed by atoms with E-state index in [1.165, 1.54) is 10.8 Å². The molecule has 2 aromatic carbocycles. The smallest absolute Gasteiger partial charge is 0.227 e. The molecule has 0 aliphatic carbocycles. The van der Waals surface area contributed by atoms with Gasteiger partial charge >= 0.3 is 0 Å². The SMILES string of the molecule is O=C(Cc1ccccc1F)N1CCN(Cc2nc3ccccc3s2)CC1. The van der Waals surface area contributed by atoms with Crippen molar-refractivity contribution in [2.45, 2.75) is 13.0 Å². The maximum atomic E-state index is 13.7. The second kappa shape index (κ2) is 7.51. The van der Waals surface area contributed by atoms with Crippen molar-refractivity contribution in [1.29, 1.82) is 0 Å². The van der Waals surface area contributed by atoms with E-state index >= 15 is 0 Å². The van der Waals surface area contributed by atoms with E-state index in [0.717, 1.165) is 30.2 Å². The molecule has 26 heavy (non-hydrogen) atoms.